The number of alkyl halides is 4. The first kappa shape index (κ1) is 33.6. The van der Waals surface area contributed by atoms with Crippen LogP contribution in [0.15, 0.2) is 60.9 Å². The van der Waals surface area contributed by atoms with Crippen LogP contribution in [0.4, 0.5) is 34.0 Å². The van der Waals surface area contributed by atoms with Crippen molar-refractivity contribution >= 4 is 28.5 Å². The molecule has 4 aromatic rings. The number of fused-ring (bicyclic) bond motifs is 1. The number of rotatable bonds is 8. The highest BCUT2D eigenvalue weighted by atomic mass is 19.4. The van der Waals surface area contributed by atoms with Crippen LogP contribution in [0.5, 0.6) is 11.6 Å². The van der Waals surface area contributed by atoms with Crippen LogP contribution >= 0.6 is 0 Å². The summed E-state index contributed by atoms with van der Waals surface area (Å²) in [6, 6.07) is 13.3. The highest BCUT2D eigenvalue weighted by Crippen LogP contribution is 2.39. The van der Waals surface area contributed by atoms with Crippen LogP contribution in [0.3, 0.4) is 0 Å². The number of anilines is 2. The van der Waals surface area contributed by atoms with Crippen molar-refractivity contribution < 1.29 is 36.9 Å². The lowest BCUT2D eigenvalue weighted by atomic mass is 10.0. The first-order valence-electron chi connectivity index (χ1n) is 15.0. The maximum absolute atomic E-state index is 14.7. The lowest BCUT2D eigenvalue weighted by Gasteiger charge is -2.36. The Morgan fingerprint density at radius 2 is 1.83 bits per heavy atom. The van der Waals surface area contributed by atoms with E-state index in [0.717, 1.165) is 5.56 Å². The molecule has 250 valence electrons. The van der Waals surface area contributed by atoms with Gasteiger partial charge in [-0.1, -0.05) is 24.3 Å². The fourth-order valence-electron chi connectivity index (χ4n) is 5.19. The minimum absolute atomic E-state index is 0.0645. The zero-order valence-corrected chi connectivity index (χ0v) is 26.3. The average molecular weight is 657 g/mol. The van der Waals surface area contributed by atoms with E-state index in [1.807, 2.05) is 6.92 Å². The van der Waals surface area contributed by atoms with E-state index in [1.165, 1.54) is 4.90 Å². The molecular formula is C33H36F4N6O4. The van der Waals surface area contributed by atoms with Gasteiger partial charge in [0, 0.05) is 54.4 Å². The summed E-state index contributed by atoms with van der Waals surface area (Å²) in [6.07, 6.45) is -5.88. The van der Waals surface area contributed by atoms with E-state index in [-0.39, 0.29) is 31.3 Å². The van der Waals surface area contributed by atoms with E-state index < -0.39 is 42.7 Å². The van der Waals surface area contributed by atoms with Gasteiger partial charge in [-0.05, 0) is 57.5 Å². The summed E-state index contributed by atoms with van der Waals surface area (Å²) in [7, 11) is 0. The van der Waals surface area contributed by atoms with Gasteiger partial charge in [0.15, 0.2) is 6.10 Å². The summed E-state index contributed by atoms with van der Waals surface area (Å²) >= 11 is 0. The Hall–Kier alpha value is -4.72. The molecule has 47 heavy (non-hydrogen) atoms. The normalized spacial score (nSPS) is 17.7. The lowest BCUT2D eigenvalue weighted by Crippen LogP contribution is -2.51. The summed E-state index contributed by atoms with van der Waals surface area (Å²) < 4.78 is 65.1. The third-order valence-corrected chi connectivity index (χ3v) is 7.36. The molecule has 0 spiro atoms. The smallest absolute Gasteiger partial charge is 0.416 e. The molecule has 3 N–H and O–H groups in total. The number of aryl methyl sites for hydroxylation is 1. The number of carbonyl (C=O) groups is 1. The highest BCUT2D eigenvalue weighted by Gasteiger charge is 2.38. The van der Waals surface area contributed by atoms with E-state index in [1.54, 1.807) is 81.7 Å². The molecule has 1 fully saturated rings. The van der Waals surface area contributed by atoms with Gasteiger partial charge >= 0.3 is 12.3 Å². The third kappa shape index (κ3) is 8.36. The molecule has 1 saturated heterocycles. The second kappa shape index (κ2) is 13.6. The van der Waals surface area contributed by atoms with Gasteiger partial charge in [-0.3, -0.25) is 0 Å². The number of nitrogens with one attached hydrogen (secondary N) is 2. The Kier molecular flexibility index (Phi) is 9.70. The van der Waals surface area contributed by atoms with Crippen LogP contribution in [-0.2, 0) is 4.74 Å². The second-order valence-electron chi connectivity index (χ2n) is 12.3. The summed E-state index contributed by atoms with van der Waals surface area (Å²) in [4.78, 5) is 27.3. The van der Waals surface area contributed by atoms with Gasteiger partial charge in [-0.25, -0.2) is 24.1 Å². The fraction of sp³-hybridized carbons (Fsp3) is 0.394. The van der Waals surface area contributed by atoms with Crippen LogP contribution < -0.4 is 15.4 Å². The largest absolute Gasteiger partial charge is 0.444 e. The Balaban J connectivity index is 1.38. The van der Waals surface area contributed by atoms with Gasteiger partial charge in [-0.15, -0.1) is 0 Å². The first-order valence-corrected chi connectivity index (χ1v) is 15.0. The summed E-state index contributed by atoms with van der Waals surface area (Å²) in [5.41, 5.74) is 1.42. The number of aliphatic hydroxyl groups is 1. The van der Waals surface area contributed by atoms with Crippen molar-refractivity contribution in [2.75, 3.05) is 30.3 Å². The second-order valence-corrected chi connectivity index (χ2v) is 12.3. The summed E-state index contributed by atoms with van der Waals surface area (Å²) in [5.74, 6) is 0.878. The Morgan fingerprint density at radius 1 is 1.04 bits per heavy atom. The van der Waals surface area contributed by atoms with E-state index in [9.17, 15) is 27.5 Å². The molecule has 0 unspecified atom stereocenters. The Bertz CT molecular complexity index is 1730. The number of carbonyl (C=O) groups excluding carboxylic acids is 1. The number of halogens is 4. The number of benzene rings is 2. The minimum atomic E-state index is -4.75. The molecule has 3 heterocycles. The van der Waals surface area contributed by atoms with Crippen molar-refractivity contribution in [1.29, 1.82) is 0 Å². The molecule has 1 aliphatic rings. The SMILES string of the molecule is Cc1ccc2c(NC[C@H](O)C(F)(F)F)cccc2c1Oc1ncccc1-c1ccnc(N[C@H]2C[C@H](F)CN(C(=O)OC(C)(C)C)C2)n1. The number of likely N-dealkylation sites (tertiary alicyclic amines) is 1. The molecule has 0 radical (unpaired) electrons. The zero-order valence-electron chi connectivity index (χ0n) is 26.3. The van der Waals surface area contributed by atoms with Crippen LogP contribution in [0.1, 0.15) is 32.8 Å². The number of hydrogen-bond donors (Lipinski definition) is 3. The number of amides is 1. The standard InChI is InChI=1S/C33H36F4N6O4/c1-19-10-11-22-23(7-5-9-25(22)40-16-27(44)33(35,36)37)28(19)46-29-24(8-6-13-38-29)26-12-14-39-30(42-26)41-21-15-20(34)17-43(18-21)31(45)47-32(2,3)4/h5-14,20-21,27,40,44H,15-18H2,1-4H3,(H,39,41,42)/t20-,21-,27-/m0/s1. The molecule has 5 rings (SSSR count). The molecule has 10 nitrogen and oxygen atoms in total. The van der Waals surface area contributed by atoms with Gasteiger partial charge in [0.2, 0.25) is 11.8 Å². The van der Waals surface area contributed by atoms with E-state index in [2.05, 4.69) is 25.6 Å². The van der Waals surface area contributed by atoms with Crippen molar-refractivity contribution in [1.82, 2.24) is 19.9 Å². The fourth-order valence-corrected chi connectivity index (χ4v) is 5.19. The van der Waals surface area contributed by atoms with Crippen LogP contribution in [0.25, 0.3) is 22.0 Å². The third-order valence-electron chi connectivity index (χ3n) is 7.36. The number of hydrogen-bond acceptors (Lipinski definition) is 9. The maximum Gasteiger partial charge on any atom is 0.416 e. The molecule has 2 aromatic heterocycles. The van der Waals surface area contributed by atoms with Crippen molar-refractivity contribution in [3.8, 4) is 22.9 Å². The van der Waals surface area contributed by atoms with Crippen LogP contribution in [-0.4, -0.2) is 80.8 Å². The number of aromatic nitrogens is 3. The minimum Gasteiger partial charge on any atom is -0.444 e. The quantitative estimate of drug-likeness (QED) is 0.174. The predicted octanol–water partition coefficient (Wildman–Crippen LogP) is 6.89. The monoisotopic (exact) mass is 656 g/mol. The number of aliphatic hydroxyl groups excluding tert-OH is 1. The lowest BCUT2D eigenvalue weighted by molar-refractivity contribution is -0.198. The molecule has 0 saturated carbocycles. The van der Waals surface area contributed by atoms with Gasteiger partial charge in [0.05, 0.1) is 17.8 Å². The topological polar surface area (TPSA) is 122 Å². The van der Waals surface area contributed by atoms with Gasteiger partial charge in [0.25, 0.3) is 0 Å². The van der Waals surface area contributed by atoms with E-state index in [0.29, 0.717) is 33.5 Å². The number of piperidine rings is 1. The molecule has 14 heteroatoms. The maximum atomic E-state index is 14.7. The highest BCUT2D eigenvalue weighted by molar-refractivity contribution is 5.98. The summed E-state index contributed by atoms with van der Waals surface area (Å²) in [5, 5.41) is 16.5. The van der Waals surface area contributed by atoms with Crippen LogP contribution in [0.2, 0.25) is 0 Å². The molecule has 0 bridgehead atoms. The van der Waals surface area contributed by atoms with Crippen molar-refractivity contribution in [2.45, 2.75) is 64.2 Å². The zero-order chi connectivity index (χ0) is 33.9. The molecule has 0 aliphatic carbocycles. The van der Waals surface area contributed by atoms with Gasteiger partial charge in [-0.2, -0.15) is 13.2 Å². The molecule has 3 atom stereocenters. The molecule has 2 aromatic carbocycles. The van der Waals surface area contributed by atoms with Crippen molar-refractivity contribution in [3.05, 3.63) is 66.5 Å². The first-order chi connectivity index (χ1) is 22.2. The number of nitrogens with zero attached hydrogens (tertiary/aromatic N) is 4. The number of pyridine rings is 1. The van der Waals surface area contributed by atoms with Gasteiger partial charge < -0.3 is 30.1 Å². The molecular weight excluding hydrogens is 620 g/mol. The molecule has 1 aliphatic heterocycles. The summed E-state index contributed by atoms with van der Waals surface area (Å²) in [6.45, 7) is 6.50. The van der Waals surface area contributed by atoms with Crippen molar-refractivity contribution in [2.24, 2.45) is 0 Å². The Labute approximate surface area is 269 Å². The number of ether oxygens (including phenoxy) is 2. The average Bonchev–Trinajstić information content (AvgIpc) is 3.00. The van der Waals surface area contributed by atoms with Gasteiger partial charge in [0.1, 0.15) is 17.5 Å². The van der Waals surface area contributed by atoms with Crippen molar-refractivity contribution in [3.63, 3.8) is 0 Å². The predicted molar refractivity (Wildman–Crippen MR) is 169 cm³/mol. The molecule has 1 amide bonds. The van der Waals surface area contributed by atoms with E-state index >= 15 is 0 Å². The van der Waals surface area contributed by atoms with Crippen LogP contribution in [0, 0.1) is 6.92 Å². The Morgan fingerprint density at radius 3 is 2.57 bits per heavy atom. The van der Waals surface area contributed by atoms with E-state index in [4.69, 9.17) is 9.47 Å².